The second-order valence-corrected chi connectivity index (χ2v) is 3.41. The third-order valence-corrected chi connectivity index (χ3v) is 2.31. The van der Waals surface area contributed by atoms with Gasteiger partial charge in [-0.2, -0.15) is 0 Å². The minimum Gasteiger partial charge on any atom is -0.506 e. The molecule has 0 aliphatic heterocycles. The van der Waals surface area contributed by atoms with Gasteiger partial charge in [0.1, 0.15) is 11.4 Å². The van der Waals surface area contributed by atoms with Crippen LogP contribution in [0.5, 0.6) is 5.75 Å². The molecule has 0 spiro atoms. The Hall–Kier alpha value is -1.72. The third-order valence-electron chi connectivity index (χ3n) is 2.31. The quantitative estimate of drug-likeness (QED) is 0.825. The summed E-state index contributed by atoms with van der Waals surface area (Å²) in [7, 11) is 0. The number of carbonyl (C=O) groups is 1. The number of rotatable bonds is 4. The number of aromatic nitrogens is 1. The van der Waals surface area contributed by atoms with Crippen molar-refractivity contribution >= 4 is 5.97 Å². The molecular formula is C11H13F2NO3. The molecule has 6 heteroatoms. The predicted molar refractivity (Wildman–Crippen MR) is 55.9 cm³/mol. The Kier molecular flexibility index (Phi) is 4.37. The van der Waals surface area contributed by atoms with Crippen LogP contribution in [0.2, 0.25) is 0 Å². The van der Waals surface area contributed by atoms with Crippen molar-refractivity contribution in [3.05, 3.63) is 23.0 Å². The molecule has 1 aromatic rings. The molecule has 1 N–H and O–H groups in total. The van der Waals surface area contributed by atoms with Crippen LogP contribution in [-0.2, 0) is 16.0 Å². The Bertz CT molecular complexity index is 421. The second kappa shape index (κ2) is 5.56. The van der Waals surface area contributed by atoms with Crippen molar-refractivity contribution < 1.29 is 23.4 Å². The smallest absolute Gasteiger partial charge is 0.310 e. The van der Waals surface area contributed by atoms with Crippen molar-refractivity contribution in [2.24, 2.45) is 0 Å². The summed E-state index contributed by atoms with van der Waals surface area (Å²) in [5, 5.41) is 9.50. The largest absolute Gasteiger partial charge is 0.506 e. The van der Waals surface area contributed by atoms with E-state index in [0.29, 0.717) is 0 Å². The first-order valence-electron chi connectivity index (χ1n) is 5.08. The molecule has 0 aliphatic rings. The fourth-order valence-corrected chi connectivity index (χ4v) is 1.45. The number of halogens is 2. The number of pyridine rings is 1. The molecule has 0 radical (unpaired) electrons. The monoisotopic (exact) mass is 245 g/mol. The summed E-state index contributed by atoms with van der Waals surface area (Å²) in [6.07, 6.45) is -2.06. The van der Waals surface area contributed by atoms with Gasteiger partial charge in [-0.05, 0) is 19.4 Å². The normalized spacial score (nSPS) is 10.6. The minimum absolute atomic E-state index is 0.119. The van der Waals surface area contributed by atoms with E-state index in [1.54, 1.807) is 6.92 Å². The van der Waals surface area contributed by atoms with E-state index in [1.807, 2.05) is 0 Å². The van der Waals surface area contributed by atoms with E-state index in [0.717, 1.165) is 6.20 Å². The van der Waals surface area contributed by atoms with Crippen molar-refractivity contribution in [1.29, 1.82) is 0 Å². The number of hydrogen-bond donors (Lipinski definition) is 1. The van der Waals surface area contributed by atoms with Gasteiger partial charge in [0.25, 0.3) is 6.43 Å². The molecule has 94 valence electrons. The van der Waals surface area contributed by atoms with Crippen LogP contribution >= 0.6 is 0 Å². The van der Waals surface area contributed by atoms with Gasteiger partial charge < -0.3 is 9.84 Å². The van der Waals surface area contributed by atoms with Crippen LogP contribution in [0.15, 0.2) is 6.20 Å². The highest BCUT2D eigenvalue weighted by atomic mass is 19.3. The molecule has 0 aromatic carbocycles. The topological polar surface area (TPSA) is 59.4 Å². The van der Waals surface area contributed by atoms with E-state index >= 15 is 0 Å². The average molecular weight is 245 g/mol. The summed E-state index contributed by atoms with van der Waals surface area (Å²) in [5.74, 6) is -0.850. The van der Waals surface area contributed by atoms with E-state index < -0.39 is 18.1 Å². The molecule has 0 amide bonds. The molecule has 0 saturated heterocycles. The van der Waals surface area contributed by atoms with E-state index in [1.165, 1.54) is 6.92 Å². The summed E-state index contributed by atoms with van der Waals surface area (Å²) in [6, 6.07) is 0. The second-order valence-electron chi connectivity index (χ2n) is 3.41. The van der Waals surface area contributed by atoms with E-state index in [-0.39, 0.29) is 29.9 Å². The van der Waals surface area contributed by atoms with Crippen LogP contribution < -0.4 is 0 Å². The summed E-state index contributed by atoms with van der Waals surface area (Å²) in [4.78, 5) is 14.7. The molecular weight excluding hydrogens is 232 g/mol. The van der Waals surface area contributed by atoms with Crippen molar-refractivity contribution in [2.75, 3.05) is 6.61 Å². The molecule has 17 heavy (non-hydrogen) atoms. The zero-order chi connectivity index (χ0) is 13.0. The highest BCUT2D eigenvalue weighted by molar-refractivity contribution is 5.74. The van der Waals surface area contributed by atoms with Gasteiger partial charge in [0.15, 0.2) is 0 Å². The maximum Gasteiger partial charge on any atom is 0.310 e. The van der Waals surface area contributed by atoms with Crippen LogP contribution in [0.3, 0.4) is 0 Å². The molecule has 1 heterocycles. The first-order valence-corrected chi connectivity index (χ1v) is 5.08. The average Bonchev–Trinajstić information content (AvgIpc) is 2.24. The van der Waals surface area contributed by atoms with Crippen molar-refractivity contribution in [1.82, 2.24) is 4.98 Å². The number of aromatic hydroxyl groups is 1. The van der Waals surface area contributed by atoms with Gasteiger partial charge in [-0.1, -0.05) is 0 Å². The molecule has 0 aliphatic carbocycles. The lowest BCUT2D eigenvalue weighted by atomic mass is 10.0. The molecule has 0 bridgehead atoms. The Morgan fingerprint density at radius 3 is 2.76 bits per heavy atom. The lowest BCUT2D eigenvalue weighted by Crippen LogP contribution is -2.10. The van der Waals surface area contributed by atoms with Crippen molar-refractivity contribution in [3.8, 4) is 5.75 Å². The fourth-order valence-electron chi connectivity index (χ4n) is 1.45. The van der Waals surface area contributed by atoms with Gasteiger partial charge in [0.05, 0.1) is 19.2 Å². The zero-order valence-electron chi connectivity index (χ0n) is 9.54. The maximum absolute atomic E-state index is 12.6. The number of nitrogens with zero attached hydrogens (tertiary/aromatic N) is 1. The lowest BCUT2D eigenvalue weighted by Gasteiger charge is -2.11. The van der Waals surface area contributed by atoms with Gasteiger partial charge >= 0.3 is 5.97 Å². The third kappa shape index (κ3) is 3.12. The molecule has 4 nitrogen and oxygen atoms in total. The van der Waals surface area contributed by atoms with Crippen molar-refractivity contribution in [2.45, 2.75) is 26.7 Å². The zero-order valence-corrected chi connectivity index (χ0v) is 9.54. The molecule has 1 rings (SSSR count). The van der Waals surface area contributed by atoms with Crippen LogP contribution in [0.4, 0.5) is 8.78 Å². The summed E-state index contributed by atoms with van der Waals surface area (Å²) >= 11 is 0. The summed E-state index contributed by atoms with van der Waals surface area (Å²) in [5.41, 5.74) is -0.177. The van der Waals surface area contributed by atoms with Gasteiger partial charge in [0.2, 0.25) is 0 Å². The number of alkyl halides is 2. The van der Waals surface area contributed by atoms with Gasteiger partial charge in [0, 0.05) is 5.56 Å². The minimum atomic E-state index is -2.74. The molecule has 0 saturated carbocycles. The molecule has 0 fully saturated rings. The number of ether oxygens (including phenoxy) is 1. The Morgan fingerprint density at radius 2 is 2.24 bits per heavy atom. The first kappa shape index (κ1) is 13.3. The number of hydrogen-bond acceptors (Lipinski definition) is 4. The number of esters is 1. The molecule has 0 unspecified atom stereocenters. The van der Waals surface area contributed by atoms with E-state index in [4.69, 9.17) is 4.74 Å². The van der Waals surface area contributed by atoms with Gasteiger partial charge in [-0.25, -0.2) is 8.78 Å². The fraction of sp³-hybridized carbons (Fsp3) is 0.455. The van der Waals surface area contributed by atoms with Crippen LogP contribution in [0, 0.1) is 6.92 Å². The standard InChI is InChI=1S/C11H13F2NO3/c1-3-17-9(16)4-7-6(2)10(11(12)13)14-5-8(7)15/h5,11,15H,3-4H2,1-2H3. The highest BCUT2D eigenvalue weighted by Crippen LogP contribution is 2.28. The number of carbonyl (C=O) groups excluding carboxylic acids is 1. The Balaban J connectivity index is 3.05. The SMILES string of the molecule is CCOC(=O)Cc1c(O)cnc(C(F)F)c1C. The van der Waals surface area contributed by atoms with E-state index in [2.05, 4.69) is 4.98 Å². The van der Waals surface area contributed by atoms with Gasteiger partial charge in [-0.3, -0.25) is 9.78 Å². The molecule has 0 atom stereocenters. The summed E-state index contributed by atoms with van der Waals surface area (Å²) < 4.78 is 29.8. The van der Waals surface area contributed by atoms with Crippen LogP contribution in [0.1, 0.15) is 30.2 Å². The highest BCUT2D eigenvalue weighted by Gasteiger charge is 2.19. The van der Waals surface area contributed by atoms with Crippen LogP contribution in [-0.4, -0.2) is 22.7 Å². The summed E-state index contributed by atoms with van der Waals surface area (Å²) in [6.45, 7) is 3.23. The maximum atomic E-state index is 12.6. The Labute approximate surface area is 97.2 Å². The first-order chi connectivity index (χ1) is 7.97. The van der Waals surface area contributed by atoms with E-state index in [9.17, 15) is 18.7 Å². The molecule has 1 aromatic heterocycles. The predicted octanol–water partition coefficient (Wildman–Crippen LogP) is 2.14. The van der Waals surface area contributed by atoms with Crippen LogP contribution in [0.25, 0.3) is 0 Å². The Morgan fingerprint density at radius 1 is 1.59 bits per heavy atom. The van der Waals surface area contributed by atoms with Crippen molar-refractivity contribution in [3.63, 3.8) is 0 Å². The lowest BCUT2D eigenvalue weighted by molar-refractivity contribution is -0.142. The van der Waals surface area contributed by atoms with Gasteiger partial charge in [-0.15, -0.1) is 0 Å².